The highest BCUT2D eigenvalue weighted by atomic mass is 16.5. The van der Waals surface area contributed by atoms with Gasteiger partial charge >= 0.3 is 0 Å². The number of anilines is 1. The molecule has 0 saturated heterocycles. The summed E-state index contributed by atoms with van der Waals surface area (Å²) in [6.45, 7) is 13.5. The van der Waals surface area contributed by atoms with E-state index in [-0.39, 0.29) is 5.91 Å². The quantitative estimate of drug-likeness (QED) is 0.696. The minimum Gasteiger partial charge on any atom is -0.439 e. The molecule has 0 aliphatic heterocycles. The van der Waals surface area contributed by atoms with E-state index in [1.165, 1.54) is 0 Å². The minimum atomic E-state index is -0.453. The van der Waals surface area contributed by atoms with Crippen molar-refractivity contribution >= 4 is 11.6 Å². The molecule has 0 atom stereocenters. The fourth-order valence-electron chi connectivity index (χ4n) is 2.68. The van der Waals surface area contributed by atoms with E-state index in [9.17, 15) is 4.79 Å². The number of nitrogens with one attached hydrogen (secondary N) is 1. The summed E-state index contributed by atoms with van der Waals surface area (Å²) in [5, 5.41) is 7.45. The second-order valence-corrected chi connectivity index (χ2v) is 8.15. The fourth-order valence-corrected chi connectivity index (χ4v) is 2.68. The molecule has 0 aliphatic rings. The standard InChI is InChI=1S/C22H27N5O2/c1-13-14(2)26-27(15(13)3)19-12-20(24-16(4)23-19)29-18-10-8-17(9-11-18)25-21(28)22(5,6)7/h8-12H,1-7H3,(H,25,28). The van der Waals surface area contributed by atoms with E-state index in [1.807, 2.05) is 48.5 Å². The SMILES string of the molecule is Cc1nc(Oc2ccc(NC(=O)C(C)(C)C)cc2)cc(-n2nc(C)c(C)c2C)n1. The van der Waals surface area contributed by atoms with Crippen LogP contribution in [0.2, 0.25) is 0 Å². The highest BCUT2D eigenvalue weighted by Crippen LogP contribution is 2.25. The Morgan fingerprint density at radius 2 is 1.69 bits per heavy atom. The average molecular weight is 393 g/mol. The van der Waals surface area contributed by atoms with Crippen molar-refractivity contribution < 1.29 is 9.53 Å². The maximum absolute atomic E-state index is 12.1. The molecule has 0 saturated carbocycles. The Morgan fingerprint density at radius 3 is 2.24 bits per heavy atom. The molecule has 0 spiro atoms. The van der Waals surface area contributed by atoms with Crippen molar-refractivity contribution in [2.75, 3.05) is 5.32 Å². The van der Waals surface area contributed by atoms with Gasteiger partial charge in [0.15, 0.2) is 5.82 Å². The molecule has 0 aliphatic carbocycles. The fraction of sp³-hybridized carbons (Fsp3) is 0.364. The predicted octanol–water partition coefficient (Wildman–Crippen LogP) is 4.67. The van der Waals surface area contributed by atoms with Gasteiger partial charge in [-0.3, -0.25) is 4.79 Å². The van der Waals surface area contributed by atoms with Crippen molar-refractivity contribution in [1.29, 1.82) is 0 Å². The molecule has 0 unspecified atom stereocenters. The molecule has 1 aromatic carbocycles. The summed E-state index contributed by atoms with van der Waals surface area (Å²) in [4.78, 5) is 21.0. The second kappa shape index (κ2) is 7.66. The third-order valence-corrected chi connectivity index (χ3v) is 4.69. The predicted molar refractivity (Wildman–Crippen MR) is 113 cm³/mol. The summed E-state index contributed by atoms with van der Waals surface area (Å²) in [5.74, 6) is 2.27. The number of benzene rings is 1. The Bertz CT molecular complexity index is 1050. The van der Waals surface area contributed by atoms with Crippen molar-refractivity contribution in [3.8, 4) is 17.4 Å². The van der Waals surface area contributed by atoms with E-state index in [4.69, 9.17) is 4.74 Å². The molecule has 0 radical (unpaired) electrons. The minimum absolute atomic E-state index is 0.0394. The molecule has 2 heterocycles. The first kappa shape index (κ1) is 20.5. The van der Waals surface area contributed by atoms with Crippen molar-refractivity contribution in [3.05, 3.63) is 53.1 Å². The van der Waals surface area contributed by atoms with Crippen LogP contribution in [-0.4, -0.2) is 25.7 Å². The van der Waals surface area contributed by atoms with Gasteiger partial charge < -0.3 is 10.1 Å². The normalized spacial score (nSPS) is 11.4. The van der Waals surface area contributed by atoms with Crippen LogP contribution in [0.25, 0.3) is 5.82 Å². The van der Waals surface area contributed by atoms with E-state index in [1.54, 1.807) is 35.0 Å². The lowest BCUT2D eigenvalue weighted by molar-refractivity contribution is -0.123. The van der Waals surface area contributed by atoms with Crippen LogP contribution >= 0.6 is 0 Å². The summed E-state index contributed by atoms with van der Waals surface area (Å²) in [5.41, 5.74) is 3.40. The Balaban J connectivity index is 1.81. The molecule has 3 aromatic rings. The maximum Gasteiger partial charge on any atom is 0.229 e. The van der Waals surface area contributed by atoms with Crippen molar-refractivity contribution in [2.24, 2.45) is 5.41 Å². The summed E-state index contributed by atoms with van der Waals surface area (Å²) in [7, 11) is 0. The Kier molecular flexibility index (Phi) is 5.42. The smallest absolute Gasteiger partial charge is 0.229 e. The van der Waals surface area contributed by atoms with Crippen LogP contribution in [0.3, 0.4) is 0 Å². The van der Waals surface area contributed by atoms with Gasteiger partial charge in [0, 0.05) is 22.9 Å². The number of rotatable bonds is 4. The zero-order chi connectivity index (χ0) is 21.3. The molecule has 0 bridgehead atoms. The van der Waals surface area contributed by atoms with Gasteiger partial charge in [-0.15, -0.1) is 0 Å². The van der Waals surface area contributed by atoms with Gasteiger partial charge in [-0.05, 0) is 57.5 Å². The van der Waals surface area contributed by atoms with Crippen LogP contribution in [0.4, 0.5) is 5.69 Å². The summed E-state index contributed by atoms with van der Waals surface area (Å²) in [6.07, 6.45) is 0. The van der Waals surface area contributed by atoms with E-state index in [0.717, 1.165) is 22.6 Å². The average Bonchev–Trinajstić information content (AvgIpc) is 2.89. The maximum atomic E-state index is 12.1. The second-order valence-electron chi connectivity index (χ2n) is 8.15. The number of carbonyl (C=O) groups excluding carboxylic acids is 1. The third kappa shape index (κ3) is 4.62. The number of carbonyl (C=O) groups is 1. The number of aromatic nitrogens is 4. The highest BCUT2D eigenvalue weighted by Gasteiger charge is 2.21. The van der Waals surface area contributed by atoms with Crippen molar-refractivity contribution in [3.63, 3.8) is 0 Å². The first-order valence-corrected chi connectivity index (χ1v) is 9.53. The largest absolute Gasteiger partial charge is 0.439 e. The summed E-state index contributed by atoms with van der Waals surface area (Å²) >= 11 is 0. The highest BCUT2D eigenvalue weighted by molar-refractivity contribution is 5.94. The topological polar surface area (TPSA) is 81.9 Å². The molecule has 7 nitrogen and oxygen atoms in total. The van der Waals surface area contributed by atoms with Crippen LogP contribution in [0, 0.1) is 33.1 Å². The molecule has 1 N–H and O–H groups in total. The van der Waals surface area contributed by atoms with Gasteiger partial charge in [0.1, 0.15) is 11.6 Å². The first-order chi connectivity index (χ1) is 13.5. The molecule has 2 aromatic heterocycles. The van der Waals surface area contributed by atoms with Gasteiger partial charge in [-0.25, -0.2) is 9.67 Å². The van der Waals surface area contributed by atoms with Gasteiger partial charge in [0.2, 0.25) is 11.8 Å². The van der Waals surface area contributed by atoms with Gasteiger partial charge in [0.25, 0.3) is 0 Å². The molecule has 1 amide bonds. The molecule has 3 rings (SSSR count). The van der Waals surface area contributed by atoms with Gasteiger partial charge in [0.05, 0.1) is 5.69 Å². The Labute approximate surface area is 171 Å². The monoisotopic (exact) mass is 393 g/mol. The van der Waals surface area contributed by atoms with E-state index < -0.39 is 5.41 Å². The Hall–Kier alpha value is -3.22. The first-order valence-electron chi connectivity index (χ1n) is 9.53. The lowest BCUT2D eigenvalue weighted by atomic mass is 9.95. The third-order valence-electron chi connectivity index (χ3n) is 4.69. The number of hydrogen-bond donors (Lipinski definition) is 1. The molecular weight excluding hydrogens is 366 g/mol. The zero-order valence-electron chi connectivity index (χ0n) is 18.0. The lowest BCUT2D eigenvalue weighted by Gasteiger charge is -2.17. The van der Waals surface area contributed by atoms with Gasteiger partial charge in [-0.2, -0.15) is 10.1 Å². The van der Waals surface area contributed by atoms with E-state index >= 15 is 0 Å². The molecule has 0 fully saturated rings. The number of nitrogens with zero attached hydrogens (tertiary/aromatic N) is 4. The van der Waals surface area contributed by atoms with Crippen LogP contribution in [0.1, 0.15) is 43.5 Å². The van der Waals surface area contributed by atoms with Crippen molar-refractivity contribution in [1.82, 2.24) is 19.7 Å². The molecule has 152 valence electrons. The van der Waals surface area contributed by atoms with Crippen LogP contribution in [-0.2, 0) is 4.79 Å². The Morgan fingerprint density at radius 1 is 1.03 bits per heavy atom. The lowest BCUT2D eigenvalue weighted by Crippen LogP contribution is -2.27. The number of aryl methyl sites for hydroxylation is 2. The van der Waals surface area contributed by atoms with E-state index in [0.29, 0.717) is 23.3 Å². The van der Waals surface area contributed by atoms with E-state index in [2.05, 4.69) is 20.4 Å². The number of hydrogen-bond acceptors (Lipinski definition) is 5. The van der Waals surface area contributed by atoms with Crippen LogP contribution < -0.4 is 10.1 Å². The van der Waals surface area contributed by atoms with Crippen LogP contribution in [0.5, 0.6) is 11.6 Å². The molecule has 29 heavy (non-hydrogen) atoms. The van der Waals surface area contributed by atoms with Gasteiger partial charge in [-0.1, -0.05) is 20.8 Å². The number of amides is 1. The number of ether oxygens (including phenoxy) is 1. The summed E-state index contributed by atoms with van der Waals surface area (Å²) in [6, 6.07) is 8.96. The summed E-state index contributed by atoms with van der Waals surface area (Å²) < 4.78 is 7.72. The molecule has 7 heteroatoms. The van der Waals surface area contributed by atoms with Crippen LogP contribution in [0.15, 0.2) is 30.3 Å². The molecular formula is C22H27N5O2. The zero-order valence-corrected chi connectivity index (χ0v) is 18.0. The van der Waals surface area contributed by atoms with Crippen molar-refractivity contribution in [2.45, 2.75) is 48.5 Å².